The number of carboxylic acid groups (broad SMARTS) is 1. The zero-order chi connectivity index (χ0) is 13.7. The minimum absolute atomic E-state index is 0.121. The fourth-order valence-corrected chi connectivity index (χ4v) is 2.21. The van der Waals surface area contributed by atoms with Crippen LogP contribution >= 0.6 is 11.8 Å². The number of hydrogen-bond acceptors (Lipinski definition) is 4. The molecule has 0 spiro atoms. The maximum Gasteiger partial charge on any atom is 0.304 e. The van der Waals surface area contributed by atoms with Crippen molar-refractivity contribution >= 4 is 17.7 Å². The minimum atomic E-state index is -0.813. The van der Waals surface area contributed by atoms with Gasteiger partial charge in [0.05, 0.1) is 18.4 Å². The summed E-state index contributed by atoms with van der Waals surface area (Å²) >= 11 is 1.45. The molecule has 100 valence electrons. The van der Waals surface area contributed by atoms with Crippen LogP contribution in [0.3, 0.4) is 0 Å². The van der Waals surface area contributed by atoms with E-state index in [0.29, 0.717) is 23.2 Å². The Morgan fingerprint density at radius 2 is 2.11 bits per heavy atom. The van der Waals surface area contributed by atoms with E-state index in [9.17, 15) is 9.18 Å². The predicted molar refractivity (Wildman–Crippen MR) is 70.3 cm³/mol. The summed E-state index contributed by atoms with van der Waals surface area (Å²) in [6.07, 6.45) is 1.70. The minimum Gasteiger partial charge on any atom is -0.481 e. The van der Waals surface area contributed by atoms with Crippen LogP contribution < -0.4 is 0 Å². The van der Waals surface area contributed by atoms with Crippen molar-refractivity contribution in [1.82, 2.24) is 4.98 Å². The Labute approximate surface area is 113 Å². The predicted octanol–water partition coefficient (Wildman–Crippen LogP) is 3.19. The van der Waals surface area contributed by atoms with Gasteiger partial charge in [-0.3, -0.25) is 4.79 Å². The van der Waals surface area contributed by atoms with Crippen molar-refractivity contribution in [3.8, 4) is 11.3 Å². The molecule has 1 N–H and O–H groups in total. The average Bonchev–Trinajstić information content (AvgIpc) is 2.84. The molecule has 2 aromatic rings. The highest BCUT2D eigenvalue weighted by atomic mass is 32.2. The summed E-state index contributed by atoms with van der Waals surface area (Å²) in [4.78, 5) is 14.4. The largest absolute Gasteiger partial charge is 0.481 e. The number of thioether (sulfide) groups is 1. The van der Waals surface area contributed by atoms with Gasteiger partial charge in [-0.05, 0) is 24.3 Å². The number of nitrogens with zero attached hydrogens (tertiary/aromatic N) is 1. The highest BCUT2D eigenvalue weighted by molar-refractivity contribution is 7.98. The molecule has 0 atom stereocenters. The van der Waals surface area contributed by atoms with Crippen molar-refractivity contribution in [2.75, 3.05) is 5.75 Å². The summed E-state index contributed by atoms with van der Waals surface area (Å²) < 4.78 is 18.3. The fraction of sp³-hybridized carbons (Fsp3) is 0.231. The van der Waals surface area contributed by atoms with E-state index in [2.05, 4.69) is 4.98 Å². The smallest absolute Gasteiger partial charge is 0.304 e. The quantitative estimate of drug-likeness (QED) is 0.824. The molecule has 0 saturated carbocycles. The lowest BCUT2D eigenvalue weighted by Crippen LogP contribution is -1.96. The third-order valence-corrected chi connectivity index (χ3v) is 3.31. The average molecular weight is 281 g/mol. The molecule has 0 aliphatic carbocycles. The van der Waals surface area contributed by atoms with Crippen molar-refractivity contribution in [2.45, 2.75) is 12.2 Å². The monoisotopic (exact) mass is 281 g/mol. The Hall–Kier alpha value is -1.82. The molecule has 19 heavy (non-hydrogen) atoms. The van der Waals surface area contributed by atoms with Crippen LogP contribution in [0.2, 0.25) is 0 Å². The Kier molecular flexibility index (Phi) is 4.57. The van der Waals surface area contributed by atoms with Crippen LogP contribution in [0.5, 0.6) is 0 Å². The highest BCUT2D eigenvalue weighted by Gasteiger charge is 2.07. The van der Waals surface area contributed by atoms with Gasteiger partial charge in [-0.25, -0.2) is 9.37 Å². The van der Waals surface area contributed by atoms with Gasteiger partial charge < -0.3 is 9.52 Å². The maximum atomic E-state index is 12.8. The zero-order valence-corrected chi connectivity index (χ0v) is 10.8. The van der Waals surface area contributed by atoms with Crippen molar-refractivity contribution in [3.63, 3.8) is 0 Å². The molecular weight excluding hydrogens is 269 g/mol. The van der Waals surface area contributed by atoms with Gasteiger partial charge in [-0.15, -0.1) is 0 Å². The molecule has 6 heteroatoms. The van der Waals surface area contributed by atoms with Gasteiger partial charge in [0.15, 0.2) is 5.76 Å². The number of carbonyl (C=O) groups is 1. The molecule has 1 heterocycles. The number of aromatic nitrogens is 1. The van der Waals surface area contributed by atoms with Crippen LogP contribution in [-0.2, 0) is 10.5 Å². The van der Waals surface area contributed by atoms with Crippen molar-refractivity contribution in [3.05, 3.63) is 42.2 Å². The molecule has 0 amide bonds. The summed E-state index contributed by atoms with van der Waals surface area (Å²) in [5.41, 5.74) is 0.760. The van der Waals surface area contributed by atoms with E-state index in [1.807, 2.05) is 0 Å². The van der Waals surface area contributed by atoms with E-state index in [1.165, 1.54) is 23.9 Å². The summed E-state index contributed by atoms with van der Waals surface area (Å²) in [6.45, 7) is 0. The van der Waals surface area contributed by atoms with Gasteiger partial charge in [-0.1, -0.05) is 0 Å². The Morgan fingerprint density at radius 3 is 2.79 bits per heavy atom. The van der Waals surface area contributed by atoms with E-state index < -0.39 is 5.97 Å². The molecule has 0 radical (unpaired) electrons. The Bertz CT molecular complexity index is 553. The molecule has 1 aromatic carbocycles. The van der Waals surface area contributed by atoms with E-state index in [-0.39, 0.29) is 12.2 Å². The second-order valence-corrected chi connectivity index (χ2v) is 4.93. The van der Waals surface area contributed by atoms with E-state index in [0.717, 1.165) is 5.56 Å². The second-order valence-electron chi connectivity index (χ2n) is 3.82. The SMILES string of the molecule is O=C(O)CCSCc1ncc(-c2ccc(F)cc2)o1. The van der Waals surface area contributed by atoms with E-state index in [4.69, 9.17) is 9.52 Å². The topological polar surface area (TPSA) is 63.3 Å². The Morgan fingerprint density at radius 1 is 1.37 bits per heavy atom. The molecule has 0 aliphatic heterocycles. The third kappa shape index (κ3) is 4.10. The molecule has 0 unspecified atom stereocenters. The van der Waals surface area contributed by atoms with E-state index in [1.54, 1.807) is 18.3 Å². The number of aliphatic carboxylic acids is 1. The number of rotatable bonds is 6. The number of carboxylic acids is 1. The first-order valence-corrected chi connectivity index (χ1v) is 6.81. The van der Waals surface area contributed by atoms with Gasteiger partial charge in [0.25, 0.3) is 0 Å². The lowest BCUT2D eigenvalue weighted by atomic mass is 10.2. The summed E-state index contributed by atoms with van der Waals surface area (Å²) in [5, 5.41) is 8.50. The molecule has 1 aromatic heterocycles. The number of hydrogen-bond donors (Lipinski definition) is 1. The molecule has 0 fully saturated rings. The molecular formula is C13H12FNO3S. The molecule has 0 saturated heterocycles. The standard InChI is InChI=1S/C13H12FNO3S/c14-10-3-1-9(2-4-10)11-7-15-12(18-11)8-19-6-5-13(16)17/h1-4,7H,5-6,8H2,(H,16,17). The van der Waals surface area contributed by atoms with Crippen molar-refractivity contribution in [2.24, 2.45) is 0 Å². The van der Waals surface area contributed by atoms with Gasteiger partial charge in [0.2, 0.25) is 5.89 Å². The molecule has 0 aliphatic rings. The van der Waals surface area contributed by atoms with Crippen LogP contribution in [0.4, 0.5) is 4.39 Å². The van der Waals surface area contributed by atoms with Gasteiger partial charge in [0, 0.05) is 11.3 Å². The van der Waals surface area contributed by atoms with Gasteiger partial charge in [-0.2, -0.15) is 11.8 Å². The fourth-order valence-electron chi connectivity index (χ4n) is 1.44. The molecule has 4 nitrogen and oxygen atoms in total. The molecule has 2 rings (SSSR count). The van der Waals surface area contributed by atoms with Gasteiger partial charge >= 0.3 is 5.97 Å². The van der Waals surface area contributed by atoms with Crippen LogP contribution in [0.15, 0.2) is 34.9 Å². The molecule has 0 bridgehead atoms. The van der Waals surface area contributed by atoms with Crippen molar-refractivity contribution < 1.29 is 18.7 Å². The summed E-state index contributed by atoms with van der Waals surface area (Å²) in [7, 11) is 0. The summed E-state index contributed by atoms with van der Waals surface area (Å²) in [6, 6.07) is 5.96. The lowest BCUT2D eigenvalue weighted by Gasteiger charge is -1.97. The summed E-state index contributed by atoms with van der Waals surface area (Å²) in [5.74, 6) is 1.04. The normalized spacial score (nSPS) is 10.6. The zero-order valence-electron chi connectivity index (χ0n) is 10.0. The number of halogens is 1. The second kappa shape index (κ2) is 6.38. The van der Waals surface area contributed by atoms with Crippen molar-refractivity contribution in [1.29, 1.82) is 0 Å². The lowest BCUT2D eigenvalue weighted by molar-refractivity contribution is -0.136. The van der Waals surface area contributed by atoms with Crippen LogP contribution in [0.1, 0.15) is 12.3 Å². The van der Waals surface area contributed by atoms with Crippen LogP contribution in [-0.4, -0.2) is 21.8 Å². The number of oxazole rings is 1. The maximum absolute atomic E-state index is 12.8. The first-order valence-electron chi connectivity index (χ1n) is 5.65. The first-order chi connectivity index (χ1) is 9.15. The Balaban J connectivity index is 1.91. The van der Waals surface area contributed by atoms with Gasteiger partial charge in [0.1, 0.15) is 5.82 Å². The van der Waals surface area contributed by atoms with Crippen LogP contribution in [0.25, 0.3) is 11.3 Å². The highest BCUT2D eigenvalue weighted by Crippen LogP contribution is 2.22. The van der Waals surface area contributed by atoms with Crippen LogP contribution in [0, 0.1) is 5.82 Å². The van der Waals surface area contributed by atoms with E-state index >= 15 is 0 Å². The first kappa shape index (κ1) is 13.6. The third-order valence-electron chi connectivity index (χ3n) is 2.37. The number of benzene rings is 1.